The molecule has 0 atom stereocenters. The highest BCUT2D eigenvalue weighted by atomic mass is 16.5. The molecule has 0 bridgehead atoms. The minimum atomic E-state index is -0.122. The van der Waals surface area contributed by atoms with Crippen molar-refractivity contribution < 1.29 is 4.74 Å². The Hall–Kier alpha value is -1.77. The van der Waals surface area contributed by atoms with Gasteiger partial charge < -0.3 is 10.1 Å². The lowest BCUT2D eigenvalue weighted by Crippen LogP contribution is -2.18. The van der Waals surface area contributed by atoms with Crippen molar-refractivity contribution in [2.75, 3.05) is 12.4 Å². The molecular formula is C14H20N2O. The second-order valence-corrected chi connectivity index (χ2v) is 4.73. The van der Waals surface area contributed by atoms with Gasteiger partial charge in [0.15, 0.2) is 0 Å². The number of hydrogen-bond donors (Lipinski definition) is 1. The van der Waals surface area contributed by atoms with Crippen molar-refractivity contribution in [3.05, 3.63) is 36.9 Å². The molecule has 1 aromatic carbocycles. The third-order valence-electron chi connectivity index (χ3n) is 2.01. The van der Waals surface area contributed by atoms with Gasteiger partial charge in [-0.15, -0.1) is 0 Å². The van der Waals surface area contributed by atoms with E-state index in [0.29, 0.717) is 0 Å². The molecule has 0 heterocycles. The second kappa shape index (κ2) is 5.53. The zero-order valence-electron chi connectivity index (χ0n) is 10.9. The fourth-order valence-corrected chi connectivity index (χ4v) is 1.31. The van der Waals surface area contributed by atoms with Crippen LogP contribution >= 0.6 is 0 Å². The fourth-order valence-electron chi connectivity index (χ4n) is 1.31. The molecule has 1 rings (SSSR count). The van der Waals surface area contributed by atoms with Gasteiger partial charge in [-0.2, -0.15) is 0 Å². The van der Waals surface area contributed by atoms with Gasteiger partial charge in [0, 0.05) is 5.69 Å². The van der Waals surface area contributed by atoms with Crippen molar-refractivity contribution in [3.8, 4) is 5.75 Å². The zero-order valence-corrected chi connectivity index (χ0v) is 10.9. The van der Waals surface area contributed by atoms with Crippen LogP contribution in [0.3, 0.4) is 0 Å². The SMILES string of the molecule is C=CC(=NC(C)(C)C)Nc1ccc(OC)cc1. The molecule has 0 aliphatic carbocycles. The lowest BCUT2D eigenvalue weighted by Gasteiger charge is -2.15. The molecule has 1 N–H and O–H groups in total. The molecule has 3 heteroatoms. The van der Waals surface area contributed by atoms with Gasteiger partial charge in [0.25, 0.3) is 0 Å². The number of methoxy groups -OCH3 is 1. The molecule has 0 aromatic heterocycles. The molecule has 0 aliphatic rings. The van der Waals surface area contributed by atoms with Crippen molar-refractivity contribution in [3.63, 3.8) is 0 Å². The van der Waals surface area contributed by atoms with Gasteiger partial charge in [-0.3, -0.25) is 4.99 Å². The van der Waals surface area contributed by atoms with Crippen LogP contribution in [-0.2, 0) is 0 Å². The molecule has 0 amide bonds. The largest absolute Gasteiger partial charge is 0.497 e. The number of ether oxygens (including phenoxy) is 1. The zero-order chi connectivity index (χ0) is 12.9. The summed E-state index contributed by atoms with van der Waals surface area (Å²) in [6, 6.07) is 7.70. The Morgan fingerprint density at radius 2 is 1.88 bits per heavy atom. The van der Waals surface area contributed by atoms with E-state index in [1.165, 1.54) is 0 Å². The van der Waals surface area contributed by atoms with Gasteiger partial charge >= 0.3 is 0 Å². The molecule has 0 unspecified atom stereocenters. The molecule has 0 saturated heterocycles. The van der Waals surface area contributed by atoms with Crippen LogP contribution < -0.4 is 10.1 Å². The third-order valence-corrected chi connectivity index (χ3v) is 2.01. The van der Waals surface area contributed by atoms with Crippen LogP contribution in [0, 0.1) is 0 Å². The highest BCUT2D eigenvalue weighted by Crippen LogP contribution is 2.16. The van der Waals surface area contributed by atoms with E-state index in [9.17, 15) is 0 Å². The predicted octanol–water partition coefficient (Wildman–Crippen LogP) is 3.49. The topological polar surface area (TPSA) is 33.6 Å². The smallest absolute Gasteiger partial charge is 0.125 e. The molecule has 0 radical (unpaired) electrons. The van der Waals surface area contributed by atoms with Crippen LogP contribution in [0.4, 0.5) is 5.69 Å². The lowest BCUT2D eigenvalue weighted by molar-refractivity contribution is 0.415. The Morgan fingerprint density at radius 1 is 1.29 bits per heavy atom. The van der Waals surface area contributed by atoms with E-state index in [-0.39, 0.29) is 5.54 Å². The first-order chi connectivity index (χ1) is 7.94. The molecule has 0 saturated carbocycles. The van der Waals surface area contributed by atoms with Crippen molar-refractivity contribution in [2.45, 2.75) is 26.3 Å². The Labute approximate surface area is 103 Å². The van der Waals surface area contributed by atoms with Gasteiger partial charge in [-0.1, -0.05) is 6.58 Å². The molecule has 0 aliphatic heterocycles. The molecule has 1 aromatic rings. The summed E-state index contributed by atoms with van der Waals surface area (Å²) >= 11 is 0. The number of nitrogens with zero attached hydrogens (tertiary/aromatic N) is 1. The third kappa shape index (κ3) is 4.72. The monoisotopic (exact) mass is 232 g/mol. The molecule has 3 nitrogen and oxygen atoms in total. The molecule has 17 heavy (non-hydrogen) atoms. The lowest BCUT2D eigenvalue weighted by atomic mass is 10.1. The first-order valence-electron chi connectivity index (χ1n) is 5.58. The number of anilines is 1. The minimum absolute atomic E-state index is 0.122. The first kappa shape index (κ1) is 13.3. The van der Waals surface area contributed by atoms with E-state index in [4.69, 9.17) is 4.74 Å². The van der Waals surface area contributed by atoms with Gasteiger partial charge in [-0.25, -0.2) is 0 Å². The van der Waals surface area contributed by atoms with E-state index in [0.717, 1.165) is 17.3 Å². The number of aliphatic imine (C=N–C) groups is 1. The van der Waals surface area contributed by atoms with E-state index >= 15 is 0 Å². The van der Waals surface area contributed by atoms with Crippen molar-refractivity contribution >= 4 is 11.5 Å². The molecule has 0 spiro atoms. The molecule has 0 fully saturated rings. The van der Waals surface area contributed by atoms with E-state index in [1.807, 2.05) is 45.0 Å². The molecule has 92 valence electrons. The summed E-state index contributed by atoms with van der Waals surface area (Å²) in [5, 5.41) is 3.21. The van der Waals surface area contributed by atoms with Gasteiger partial charge in [0.05, 0.1) is 12.6 Å². The van der Waals surface area contributed by atoms with Gasteiger partial charge in [0.2, 0.25) is 0 Å². The average molecular weight is 232 g/mol. The summed E-state index contributed by atoms with van der Waals surface area (Å²) in [7, 11) is 1.65. The van der Waals surface area contributed by atoms with Gasteiger partial charge in [0.1, 0.15) is 11.6 Å². The summed E-state index contributed by atoms with van der Waals surface area (Å²) in [5.74, 6) is 1.60. The van der Waals surface area contributed by atoms with E-state index in [2.05, 4.69) is 16.9 Å². The van der Waals surface area contributed by atoms with Crippen molar-refractivity contribution in [1.29, 1.82) is 0 Å². The minimum Gasteiger partial charge on any atom is -0.497 e. The Balaban J connectivity index is 2.81. The first-order valence-corrected chi connectivity index (χ1v) is 5.58. The van der Waals surface area contributed by atoms with Crippen LogP contribution in [0.25, 0.3) is 0 Å². The summed E-state index contributed by atoms with van der Waals surface area (Å²) in [4.78, 5) is 4.52. The Kier molecular flexibility index (Phi) is 4.32. The van der Waals surface area contributed by atoms with Crippen LogP contribution in [0.1, 0.15) is 20.8 Å². The number of rotatable bonds is 3. The van der Waals surface area contributed by atoms with Crippen LogP contribution in [0.5, 0.6) is 5.75 Å². The highest BCUT2D eigenvalue weighted by Gasteiger charge is 2.08. The summed E-state index contributed by atoms with van der Waals surface area (Å²) in [5.41, 5.74) is 0.844. The predicted molar refractivity (Wildman–Crippen MR) is 74.0 cm³/mol. The van der Waals surface area contributed by atoms with E-state index < -0.39 is 0 Å². The number of benzene rings is 1. The summed E-state index contributed by atoms with van der Waals surface area (Å²) in [6.07, 6.45) is 1.72. The maximum absolute atomic E-state index is 5.10. The Bertz CT molecular complexity index is 399. The molecular weight excluding hydrogens is 212 g/mol. The average Bonchev–Trinajstić information content (AvgIpc) is 2.27. The van der Waals surface area contributed by atoms with Crippen molar-refractivity contribution in [1.82, 2.24) is 0 Å². The summed E-state index contributed by atoms with van der Waals surface area (Å²) in [6.45, 7) is 9.90. The van der Waals surface area contributed by atoms with Crippen LogP contribution in [0.15, 0.2) is 41.9 Å². The number of nitrogens with one attached hydrogen (secondary N) is 1. The normalized spacial score (nSPS) is 12.1. The van der Waals surface area contributed by atoms with Crippen LogP contribution in [0.2, 0.25) is 0 Å². The summed E-state index contributed by atoms with van der Waals surface area (Å²) < 4.78 is 5.10. The maximum atomic E-state index is 5.10. The highest BCUT2D eigenvalue weighted by molar-refractivity contribution is 6.03. The number of amidine groups is 1. The standard InChI is InChI=1S/C14H20N2O/c1-6-13(16-14(2,3)4)15-11-7-9-12(17-5)10-8-11/h6-10H,1H2,2-5H3,(H,15,16). The maximum Gasteiger partial charge on any atom is 0.125 e. The quantitative estimate of drug-likeness (QED) is 0.639. The number of hydrogen-bond acceptors (Lipinski definition) is 2. The van der Waals surface area contributed by atoms with Crippen LogP contribution in [-0.4, -0.2) is 18.5 Å². The van der Waals surface area contributed by atoms with E-state index in [1.54, 1.807) is 13.2 Å². The van der Waals surface area contributed by atoms with Crippen molar-refractivity contribution in [2.24, 2.45) is 4.99 Å². The van der Waals surface area contributed by atoms with Gasteiger partial charge in [-0.05, 0) is 51.1 Å². The Morgan fingerprint density at radius 3 is 2.29 bits per heavy atom. The second-order valence-electron chi connectivity index (χ2n) is 4.73. The fraction of sp³-hybridized carbons (Fsp3) is 0.357.